The van der Waals surface area contributed by atoms with Crippen molar-refractivity contribution in [2.24, 2.45) is 5.10 Å². The molecule has 0 unspecified atom stereocenters. The molecular formula is C19H21N3O6. The Bertz CT molecular complexity index is 868. The van der Waals surface area contributed by atoms with Gasteiger partial charge in [-0.15, -0.1) is 0 Å². The molecule has 9 heteroatoms. The summed E-state index contributed by atoms with van der Waals surface area (Å²) in [6, 6.07) is 11.3. The van der Waals surface area contributed by atoms with E-state index < -0.39 is 18.1 Å². The molecule has 0 bridgehead atoms. The predicted molar refractivity (Wildman–Crippen MR) is 103 cm³/mol. The van der Waals surface area contributed by atoms with Gasteiger partial charge in [0.05, 0.1) is 26.1 Å². The lowest BCUT2D eigenvalue weighted by atomic mass is 10.2. The number of carbonyl (C=O) groups excluding carboxylic acids is 1. The van der Waals surface area contributed by atoms with Gasteiger partial charge in [0, 0.05) is 5.56 Å². The molecule has 0 saturated heterocycles. The molecule has 0 aliphatic rings. The monoisotopic (exact) mass is 387 g/mol. The van der Waals surface area contributed by atoms with Gasteiger partial charge in [0.15, 0.2) is 17.6 Å². The van der Waals surface area contributed by atoms with E-state index in [0.717, 1.165) is 0 Å². The number of rotatable bonds is 8. The van der Waals surface area contributed by atoms with Gasteiger partial charge in [0.2, 0.25) is 0 Å². The number of aliphatic carboxylic acids is 1. The van der Waals surface area contributed by atoms with Crippen LogP contribution in [0.1, 0.15) is 12.5 Å². The van der Waals surface area contributed by atoms with E-state index in [2.05, 4.69) is 15.8 Å². The molecule has 0 aliphatic carbocycles. The fourth-order valence-electron chi connectivity index (χ4n) is 2.21. The van der Waals surface area contributed by atoms with Crippen LogP contribution >= 0.6 is 0 Å². The highest BCUT2D eigenvalue weighted by atomic mass is 16.5. The second kappa shape index (κ2) is 9.81. The predicted octanol–water partition coefficient (Wildman–Crippen LogP) is 2.71. The number of ether oxygens (including phenoxy) is 3. The van der Waals surface area contributed by atoms with Crippen LogP contribution in [0.25, 0.3) is 0 Å². The van der Waals surface area contributed by atoms with Crippen LogP contribution in [-0.4, -0.2) is 43.6 Å². The molecule has 0 aromatic heterocycles. The summed E-state index contributed by atoms with van der Waals surface area (Å²) in [6.07, 6.45) is 0.235. The third kappa shape index (κ3) is 5.37. The lowest BCUT2D eigenvalue weighted by Crippen LogP contribution is -2.25. The Labute approximate surface area is 161 Å². The summed E-state index contributed by atoms with van der Waals surface area (Å²) in [6.45, 7) is 1.40. The Morgan fingerprint density at radius 3 is 2.43 bits per heavy atom. The first-order valence-corrected chi connectivity index (χ1v) is 8.25. The number of nitrogens with zero attached hydrogens (tertiary/aromatic N) is 1. The first-order chi connectivity index (χ1) is 13.5. The Balaban J connectivity index is 2.11. The Morgan fingerprint density at radius 2 is 1.75 bits per heavy atom. The maximum absolute atomic E-state index is 12.0. The van der Waals surface area contributed by atoms with Crippen molar-refractivity contribution in [2.45, 2.75) is 13.0 Å². The van der Waals surface area contributed by atoms with Gasteiger partial charge in [-0.2, -0.15) is 5.10 Å². The number of benzene rings is 2. The van der Waals surface area contributed by atoms with Crippen molar-refractivity contribution in [2.75, 3.05) is 19.5 Å². The summed E-state index contributed by atoms with van der Waals surface area (Å²) in [5, 5.41) is 15.5. The third-order valence-electron chi connectivity index (χ3n) is 3.60. The van der Waals surface area contributed by atoms with Gasteiger partial charge >= 0.3 is 12.0 Å². The van der Waals surface area contributed by atoms with E-state index in [9.17, 15) is 9.59 Å². The fourth-order valence-corrected chi connectivity index (χ4v) is 2.21. The maximum Gasteiger partial charge on any atom is 0.344 e. The van der Waals surface area contributed by atoms with Crippen molar-refractivity contribution < 1.29 is 28.9 Å². The standard InChI is InChI=1S/C19H21N3O6/c1-12(18(23)24)28-17-13(7-6-10-16(17)27-3)11-20-22-19(25)21-14-8-4-5-9-15(14)26-2/h4-12H,1-3H3,(H,23,24)(H2,21,22,25)/b20-11+/t12-/m1/s1. The second-order valence-electron chi connectivity index (χ2n) is 5.50. The van der Waals surface area contributed by atoms with Crippen LogP contribution in [-0.2, 0) is 4.79 Å². The second-order valence-corrected chi connectivity index (χ2v) is 5.50. The minimum Gasteiger partial charge on any atom is -0.495 e. The van der Waals surface area contributed by atoms with Crippen LogP contribution in [0.5, 0.6) is 17.2 Å². The Morgan fingerprint density at radius 1 is 1.07 bits per heavy atom. The van der Waals surface area contributed by atoms with Crippen LogP contribution in [0.3, 0.4) is 0 Å². The van der Waals surface area contributed by atoms with E-state index in [-0.39, 0.29) is 5.75 Å². The van der Waals surface area contributed by atoms with Crippen LogP contribution in [0.4, 0.5) is 10.5 Å². The van der Waals surface area contributed by atoms with Gasteiger partial charge in [-0.1, -0.05) is 18.2 Å². The highest BCUT2D eigenvalue weighted by Gasteiger charge is 2.18. The lowest BCUT2D eigenvalue weighted by molar-refractivity contribution is -0.144. The van der Waals surface area contributed by atoms with Gasteiger partial charge in [-0.25, -0.2) is 15.0 Å². The molecule has 0 saturated carbocycles. The molecule has 2 rings (SSSR count). The number of carboxylic acid groups (broad SMARTS) is 1. The molecule has 0 fully saturated rings. The minimum atomic E-state index is -1.12. The summed E-state index contributed by atoms with van der Waals surface area (Å²) < 4.78 is 15.8. The Kier molecular flexibility index (Phi) is 7.21. The number of urea groups is 1. The van der Waals surface area contributed by atoms with Crippen LogP contribution in [0.15, 0.2) is 47.6 Å². The zero-order valence-electron chi connectivity index (χ0n) is 15.6. The largest absolute Gasteiger partial charge is 0.495 e. The molecule has 1 atom stereocenters. The smallest absolute Gasteiger partial charge is 0.344 e. The van der Waals surface area contributed by atoms with Gasteiger partial charge in [-0.05, 0) is 31.2 Å². The summed E-state index contributed by atoms with van der Waals surface area (Å²) in [5.74, 6) is -0.0676. The number of hydrogen-bond donors (Lipinski definition) is 3. The normalized spacial score (nSPS) is 11.5. The number of para-hydroxylation sites is 3. The third-order valence-corrected chi connectivity index (χ3v) is 3.60. The van der Waals surface area contributed by atoms with Crippen molar-refractivity contribution in [1.29, 1.82) is 0 Å². The SMILES string of the molecule is COc1ccccc1NC(=O)N/N=C/c1cccc(OC)c1O[C@H](C)C(=O)O. The molecule has 3 N–H and O–H groups in total. The molecule has 9 nitrogen and oxygen atoms in total. The van der Waals surface area contributed by atoms with Gasteiger partial charge in [-0.3, -0.25) is 0 Å². The number of carboxylic acids is 1. The minimum absolute atomic E-state index is 0.204. The molecule has 2 amide bonds. The molecule has 28 heavy (non-hydrogen) atoms. The molecule has 0 aliphatic heterocycles. The summed E-state index contributed by atoms with van der Waals surface area (Å²) in [4.78, 5) is 23.1. The number of anilines is 1. The molecule has 148 valence electrons. The fraction of sp³-hybridized carbons (Fsp3) is 0.211. The van der Waals surface area contributed by atoms with E-state index in [1.54, 1.807) is 42.5 Å². The van der Waals surface area contributed by atoms with Gasteiger partial charge < -0.3 is 24.6 Å². The number of carbonyl (C=O) groups is 2. The van der Waals surface area contributed by atoms with Crippen molar-refractivity contribution in [3.8, 4) is 17.2 Å². The highest BCUT2D eigenvalue weighted by molar-refractivity contribution is 5.92. The van der Waals surface area contributed by atoms with E-state index in [1.807, 2.05) is 0 Å². The van der Waals surface area contributed by atoms with E-state index in [4.69, 9.17) is 19.3 Å². The van der Waals surface area contributed by atoms with Crippen molar-refractivity contribution in [3.63, 3.8) is 0 Å². The van der Waals surface area contributed by atoms with Gasteiger partial charge in [0.25, 0.3) is 0 Å². The quantitative estimate of drug-likeness (QED) is 0.473. The molecule has 0 radical (unpaired) electrons. The van der Waals surface area contributed by atoms with Gasteiger partial charge in [0.1, 0.15) is 5.75 Å². The molecule has 0 spiro atoms. The van der Waals surface area contributed by atoms with Crippen LogP contribution in [0, 0.1) is 0 Å². The number of methoxy groups -OCH3 is 2. The summed E-state index contributed by atoms with van der Waals surface area (Å²) in [5.41, 5.74) is 3.24. The number of amides is 2. The lowest BCUT2D eigenvalue weighted by Gasteiger charge is -2.15. The average molecular weight is 387 g/mol. The molecule has 2 aromatic carbocycles. The van der Waals surface area contributed by atoms with E-state index in [0.29, 0.717) is 22.7 Å². The maximum atomic E-state index is 12.0. The van der Waals surface area contributed by atoms with E-state index in [1.165, 1.54) is 27.4 Å². The number of nitrogens with one attached hydrogen (secondary N) is 2. The zero-order valence-corrected chi connectivity index (χ0v) is 15.6. The van der Waals surface area contributed by atoms with Crippen LogP contribution in [0.2, 0.25) is 0 Å². The Hall–Kier alpha value is -3.75. The number of hydrogen-bond acceptors (Lipinski definition) is 6. The zero-order chi connectivity index (χ0) is 20.5. The molecule has 0 heterocycles. The van der Waals surface area contributed by atoms with Crippen LogP contribution < -0.4 is 25.0 Å². The van der Waals surface area contributed by atoms with Crippen molar-refractivity contribution in [1.82, 2.24) is 5.43 Å². The molecular weight excluding hydrogens is 366 g/mol. The topological polar surface area (TPSA) is 118 Å². The summed E-state index contributed by atoms with van der Waals surface area (Å²) >= 11 is 0. The highest BCUT2D eigenvalue weighted by Crippen LogP contribution is 2.31. The average Bonchev–Trinajstić information content (AvgIpc) is 2.69. The number of hydrazone groups is 1. The van der Waals surface area contributed by atoms with Crippen molar-refractivity contribution in [3.05, 3.63) is 48.0 Å². The summed E-state index contributed by atoms with van der Waals surface area (Å²) in [7, 11) is 2.94. The first-order valence-electron chi connectivity index (χ1n) is 8.25. The first kappa shape index (κ1) is 20.6. The molecule has 2 aromatic rings. The van der Waals surface area contributed by atoms with E-state index >= 15 is 0 Å². The van der Waals surface area contributed by atoms with Crippen molar-refractivity contribution >= 4 is 23.9 Å².